The number of benzene rings is 1. The molecule has 2 rings (SSSR count). The molecule has 0 aliphatic carbocycles. The van der Waals surface area contributed by atoms with E-state index in [9.17, 15) is 0 Å². The average molecular weight is 308 g/mol. The van der Waals surface area contributed by atoms with E-state index >= 15 is 0 Å². The topological polar surface area (TPSA) is 43.8 Å². The number of rotatable bonds is 9. The lowest BCUT2D eigenvalue weighted by molar-refractivity contribution is 0.550. The predicted octanol–water partition coefficient (Wildman–Crippen LogP) is 5.41. The molecule has 0 spiro atoms. The van der Waals surface area contributed by atoms with E-state index in [1.807, 2.05) is 18.2 Å². The van der Waals surface area contributed by atoms with Gasteiger partial charge in [-0.3, -0.25) is 0 Å². The summed E-state index contributed by atoms with van der Waals surface area (Å²) in [4.78, 5) is 4.37. The fourth-order valence-electron chi connectivity index (χ4n) is 2.77. The lowest BCUT2D eigenvalue weighted by atomic mass is 10.1. The smallest absolute Gasteiger partial charge is 0.201 e. The van der Waals surface area contributed by atoms with Crippen molar-refractivity contribution in [2.45, 2.75) is 64.8 Å². The molecule has 0 aliphatic rings. The number of hydrogen-bond acceptors (Lipinski definition) is 2. The molecular formula is C17H26ClN3. The summed E-state index contributed by atoms with van der Waals surface area (Å²) in [5, 5.41) is 0.675. The van der Waals surface area contributed by atoms with Crippen LogP contribution in [0.5, 0.6) is 0 Å². The minimum absolute atomic E-state index is 0.570. The van der Waals surface area contributed by atoms with Gasteiger partial charge in [0.05, 0.1) is 10.5 Å². The summed E-state index contributed by atoms with van der Waals surface area (Å²) in [6.45, 7) is 3.18. The van der Waals surface area contributed by atoms with Crippen molar-refractivity contribution in [3.05, 3.63) is 23.2 Å². The minimum atomic E-state index is 0.570. The van der Waals surface area contributed by atoms with E-state index in [0.717, 1.165) is 24.0 Å². The molecule has 0 radical (unpaired) electrons. The van der Waals surface area contributed by atoms with Crippen molar-refractivity contribution in [2.24, 2.45) is 0 Å². The molecule has 116 valence electrons. The van der Waals surface area contributed by atoms with Crippen LogP contribution in [-0.4, -0.2) is 9.55 Å². The molecule has 0 saturated carbocycles. The summed E-state index contributed by atoms with van der Waals surface area (Å²) in [6.07, 6.45) is 10.5. The van der Waals surface area contributed by atoms with Crippen LogP contribution in [0.3, 0.4) is 0 Å². The van der Waals surface area contributed by atoms with Crippen LogP contribution in [0.15, 0.2) is 18.2 Å². The first-order valence-corrected chi connectivity index (χ1v) is 8.52. The highest BCUT2D eigenvalue weighted by atomic mass is 35.5. The Labute approximate surface area is 132 Å². The van der Waals surface area contributed by atoms with Crippen molar-refractivity contribution in [2.75, 3.05) is 5.73 Å². The normalized spacial score (nSPS) is 11.3. The molecule has 0 atom stereocenters. The van der Waals surface area contributed by atoms with Gasteiger partial charge in [0.25, 0.3) is 0 Å². The number of anilines is 1. The SMILES string of the molecule is CCCCCCCCCCn1c(N)nc2c(Cl)cccc21. The van der Waals surface area contributed by atoms with Crippen molar-refractivity contribution in [1.29, 1.82) is 0 Å². The zero-order valence-corrected chi connectivity index (χ0v) is 13.7. The zero-order chi connectivity index (χ0) is 15.1. The molecule has 1 heterocycles. The standard InChI is InChI=1S/C17H26ClN3/c1-2-3-4-5-6-7-8-9-13-21-15-12-10-11-14(18)16(15)20-17(21)19/h10-12H,2-9,13H2,1H3,(H2,19,20). The molecule has 0 saturated heterocycles. The Morgan fingerprint density at radius 1 is 1.05 bits per heavy atom. The van der Waals surface area contributed by atoms with Crippen LogP contribution in [0.4, 0.5) is 5.95 Å². The summed E-state index contributed by atoms with van der Waals surface area (Å²) >= 11 is 6.16. The number of fused-ring (bicyclic) bond motifs is 1. The second-order valence-electron chi connectivity index (χ2n) is 5.70. The summed E-state index contributed by atoms with van der Waals surface area (Å²) in [7, 11) is 0. The van der Waals surface area contributed by atoms with Gasteiger partial charge in [-0.15, -0.1) is 0 Å². The van der Waals surface area contributed by atoms with Gasteiger partial charge in [-0.2, -0.15) is 0 Å². The average Bonchev–Trinajstić information content (AvgIpc) is 2.80. The molecule has 0 bridgehead atoms. The maximum atomic E-state index is 6.16. The fourth-order valence-corrected chi connectivity index (χ4v) is 2.98. The summed E-state index contributed by atoms with van der Waals surface area (Å²) in [5.41, 5.74) is 7.87. The van der Waals surface area contributed by atoms with E-state index in [4.69, 9.17) is 17.3 Å². The molecule has 0 amide bonds. The number of halogens is 1. The molecule has 4 heteroatoms. The van der Waals surface area contributed by atoms with Crippen LogP contribution in [0, 0.1) is 0 Å². The van der Waals surface area contributed by atoms with E-state index in [1.54, 1.807) is 0 Å². The van der Waals surface area contributed by atoms with Crippen molar-refractivity contribution in [3.63, 3.8) is 0 Å². The predicted molar refractivity (Wildman–Crippen MR) is 91.8 cm³/mol. The molecule has 1 aromatic heterocycles. The monoisotopic (exact) mass is 307 g/mol. The third kappa shape index (κ3) is 4.37. The summed E-state index contributed by atoms with van der Waals surface area (Å²) in [5.74, 6) is 0.570. The Balaban J connectivity index is 1.79. The molecule has 2 aromatic rings. The Morgan fingerprint density at radius 3 is 2.43 bits per heavy atom. The number of nitrogens with zero attached hydrogens (tertiary/aromatic N) is 2. The van der Waals surface area contributed by atoms with Crippen LogP contribution in [-0.2, 0) is 6.54 Å². The number of nitrogens with two attached hydrogens (primary N) is 1. The van der Waals surface area contributed by atoms with E-state index in [2.05, 4.69) is 16.5 Å². The molecule has 1 aromatic carbocycles. The van der Waals surface area contributed by atoms with Gasteiger partial charge in [-0.25, -0.2) is 4.98 Å². The van der Waals surface area contributed by atoms with Crippen LogP contribution >= 0.6 is 11.6 Å². The Hall–Kier alpha value is -1.22. The summed E-state index contributed by atoms with van der Waals surface area (Å²) in [6, 6.07) is 5.85. The van der Waals surface area contributed by atoms with Gasteiger partial charge >= 0.3 is 0 Å². The van der Waals surface area contributed by atoms with Crippen molar-refractivity contribution < 1.29 is 0 Å². The molecule has 0 fully saturated rings. The minimum Gasteiger partial charge on any atom is -0.369 e. The summed E-state index contributed by atoms with van der Waals surface area (Å²) < 4.78 is 2.08. The highest BCUT2D eigenvalue weighted by Crippen LogP contribution is 2.25. The first-order chi connectivity index (χ1) is 10.2. The lowest BCUT2D eigenvalue weighted by Gasteiger charge is -2.06. The number of para-hydroxylation sites is 1. The number of imidazole rings is 1. The quantitative estimate of drug-likeness (QED) is 0.629. The maximum absolute atomic E-state index is 6.16. The van der Waals surface area contributed by atoms with E-state index in [0.29, 0.717) is 11.0 Å². The first kappa shape index (κ1) is 16.2. The first-order valence-electron chi connectivity index (χ1n) is 8.14. The van der Waals surface area contributed by atoms with Crippen molar-refractivity contribution >= 4 is 28.6 Å². The second-order valence-corrected chi connectivity index (χ2v) is 6.11. The van der Waals surface area contributed by atoms with Crippen molar-refractivity contribution in [3.8, 4) is 0 Å². The molecular weight excluding hydrogens is 282 g/mol. The van der Waals surface area contributed by atoms with Gasteiger partial charge in [0.1, 0.15) is 5.52 Å². The number of nitrogen functional groups attached to an aromatic ring is 1. The van der Waals surface area contributed by atoms with Crippen LogP contribution in [0.25, 0.3) is 11.0 Å². The molecule has 2 N–H and O–H groups in total. The Morgan fingerprint density at radius 2 is 1.71 bits per heavy atom. The van der Waals surface area contributed by atoms with Crippen molar-refractivity contribution in [1.82, 2.24) is 9.55 Å². The number of aryl methyl sites for hydroxylation is 1. The van der Waals surface area contributed by atoms with Gasteiger partial charge in [0.2, 0.25) is 5.95 Å². The number of hydrogen-bond donors (Lipinski definition) is 1. The maximum Gasteiger partial charge on any atom is 0.201 e. The van der Waals surface area contributed by atoms with Crippen LogP contribution in [0.2, 0.25) is 5.02 Å². The third-order valence-electron chi connectivity index (χ3n) is 3.99. The number of aromatic nitrogens is 2. The number of unbranched alkanes of at least 4 members (excludes halogenated alkanes) is 7. The zero-order valence-electron chi connectivity index (χ0n) is 12.9. The largest absolute Gasteiger partial charge is 0.369 e. The molecule has 21 heavy (non-hydrogen) atoms. The van der Waals surface area contributed by atoms with Gasteiger partial charge in [-0.1, -0.05) is 69.5 Å². The second kappa shape index (κ2) is 8.28. The third-order valence-corrected chi connectivity index (χ3v) is 4.30. The van der Waals surface area contributed by atoms with Crippen LogP contribution < -0.4 is 5.73 Å². The van der Waals surface area contributed by atoms with Gasteiger partial charge in [0.15, 0.2) is 0 Å². The van der Waals surface area contributed by atoms with E-state index in [-0.39, 0.29) is 0 Å². The van der Waals surface area contributed by atoms with Gasteiger partial charge in [-0.05, 0) is 18.6 Å². The van der Waals surface area contributed by atoms with E-state index < -0.39 is 0 Å². The highest BCUT2D eigenvalue weighted by Gasteiger charge is 2.09. The molecule has 0 unspecified atom stereocenters. The highest BCUT2D eigenvalue weighted by molar-refractivity contribution is 6.35. The molecule has 3 nitrogen and oxygen atoms in total. The lowest BCUT2D eigenvalue weighted by Crippen LogP contribution is -2.03. The Kier molecular flexibility index (Phi) is 6.37. The van der Waals surface area contributed by atoms with Gasteiger partial charge in [0, 0.05) is 6.54 Å². The van der Waals surface area contributed by atoms with Gasteiger partial charge < -0.3 is 10.3 Å². The molecule has 0 aliphatic heterocycles. The fraction of sp³-hybridized carbons (Fsp3) is 0.588. The Bertz CT molecular complexity index is 562. The van der Waals surface area contributed by atoms with E-state index in [1.165, 1.54) is 44.9 Å². The van der Waals surface area contributed by atoms with Crippen LogP contribution in [0.1, 0.15) is 58.3 Å².